The Balaban J connectivity index is 1.49. The number of hydrogen-bond donors (Lipinski definition) is 0. The van der Waals surface area contributed by atoms with Crippen LogP contribution in [0.3, 0.4) is 0 Å². The number of carbonyl (C=O) groups is 1. The van der Waals surface area contributed by atoms with E-state index >= 15 is 0 Å². The van der Waals surface area contributed by atoms with E-state index < -0.39 is 0 Å². The molecule has 0 unspecified atom stereocenters. The summed E-state index contributed by atoms with van der Waals surface area (Å²) in [7, 11) is 0. The molecule has 0 spiro atoms. The van der Waals surface area contributed by atoms with E-state index in [2.05, 4.69) is 23.1 Å². The van der Waals surface area contributed by atoms with E-state index in [-0.39, 0.29) is 5.91 Å². The van der Waals surface area contributed by atoms with Gasteiger partial charge in [-0.3, -0.25) is 9.69 Å². The van der Waals surface area contributed by atoms with Crippen molar-refractivity contribution in [3.8, 4) is 5.75 Å². The summed E-state index contributed by atoms with van der Waals surface area (Å²) in [6.07, 6.45) is 2.12. The Bertz CT molecular complexity index is 493. The van der Waals surface area contributed by atoms with Crippen molar-refractivity contribution in [3.05, 3.63) is 29.3 Å². The van der Waals surface area contributed by atoms with Crippen LogP contribution in [0, 0.1) is 0 Å². The van der Waals surface area contributed by atoms with E-state index in [0.717, 1.165) is 57.9 Å². The van der Waals surface area contributed by atoms with Crippen LogP contribution in [0.4, 0.5) is 0 Å². The Morgan fingerprint density at radius 1 is 1.25 bits per heavy atom. The molecule has 1 amide bonds. The van der Waals surface area contributed by atoms with Crippen LogP contribution in [0.2, 0.25) is 0 Å². The van der Waals surface area contributed by atoms with Gasteiger partial charge in [0.1, 0.15) is 5.75 Å². The first kappa shape index (κ1) is 13.4. The molecule has 1 fully saturated rings. The normalized spacial score (nSPS) is 18.8. The number of piperazine rings is 1. The minimum atomic E-state index is 0.197. The molecular weight excluding hydrogens is 252 g/mol. The van der Waals surface area contributed by atoms with Crippen molar-refractivity contribution in [2.45, 2.75) is 19.8 Å². The fraction of sp³-hybridized carbons (Fsp3) is 0.562. The van der Waals surface area contributed by atoms with E-state index in [1.54, 1.807) is 6.92 Å². The zero-order valence-electron chi connectivity index (χ0n) is 12.1. The van der Waals surface area contributed by atoms with Crippen molar-refractivity contribution in [3.63, 3.8) is 0 Å². The van der Waals surface area contributed by atoms with Gasteiger partial charge in [-0.25, -0.2) is 0 Å². The van der Waals surface area contributed by atoms with E-state index in [1.165, 1.54) is 11.1 Å². The predicted molar refractivity (Wildman–Crippen MR) is 78.0 cm³/mol. The van der Waals surface area contributed by atoms with Gasteiger partial charge >= 0.3 is 0 Å². The number of hydrogen-bond acceptors (Lipinski definition) is 3. The highest BCUT2D eigenvalue weighted by Gasteiger charge is 2.18. The average molecular weight is 274 g/mol. The molecular formula is C16H22N2O2. The van der Waals surface area contributed by atoms with Gasteiger partial charge in [-0.1, -0.05) is 12.1 Å². The molecule has 0 N–H and O–H groups in total. The van der Waals surface area contributed by atoms with Crippen molar-refractivity contribution in [2.75, 3.05) is 39.3 Å². The molecule has 2 aliphatic heterocycles. The second-order valence-electron chi connectivity index (χ2n) is 5.64. The van der Waals surface area contributed by atoms with Crippen molar-refractivity contribution >= 4 is 5.91 Å². The summed E-state index contributed by atoms with van der Waals surface area (Å²) >= 11 is 0. The van der Waals surface area contributed by atoms with Crippen molar-refractivity contribution in [2.24, 2.45) is 0 Å². The number of carbonyl (C=O) groups excluding carboxylic acids is 1. The minimum Gasteiger partial charge on any atom is -0.493 e. The second kappa shape index (κ2) is 5.83. The third-order valence-corrected chi connectivity index (χ3v) is 4.29. The average Bonchev–Trinajstić information content (AvgIpc) is 2.93. The fourth-order valence-corrected chi connectivity index (χ4v) is 2.97. The quantitative estimate of drug-likeness (QED) is 0.833. The highest BCUT2D eigenvalue weighted by molar-refractivity contribution is 5.73. The lowest BCUT2D eigenvalue weighted by Crippen LogP contribution is -2.48. The van der Waals surface area contributed by atoms with Crippen LogP contribution in [0.1, 0.15) is 18.1 Å². The van der Waals surface area contributed by atoms with Crippen molar-refractivity contribution in [1.82, 2.24) is 9.80 Å². The molecule has 0 aromatic heterocycles. The molecule has 4 nitrogen and oxygen atoms in total. The monoisotopic (exact) mass is 274 g/mol. The number of fused-ring (bicyclic) bond motifs is 1. The van der Waals surface area contributed by atoms with E-state index in [4.69, 9.17) is 4.74 Å². The first-order chi connectivity index (χ1) is 9.72. The first-order valence-corrected chi connectivity index (χ1v) is 7.45. The van der Waals surface area contributed by atoms with Gasteiger partial charge in [0.25, 0.3) is 0 Å². The smallest absolute Gasteiger partial charge is 0.219 e. The lowest BCUT2D eigenvalue weighted by Gasteiger charge is -2.34. The number of rotatable bonds is 3. The maximum atomic E-state index is 11.3. The number of amides is 1. The third kappa shape index (κ3) is 2.96. The summed E-state index contributed by atoms with van der Waals surface area (Å²) in [5, 5.41) is 0. The minimum absolute atomic E-state index is 0.197. The SMILES string of the molecule is CC(=O)N1CCN(CCc2ccc3c(c2)CCO3)CC1. The highest BCUT2D eigenvalue weighted by atomic mass is 16.5. The molecule has 0 atom stereocenters. The van der Waals surface area contributed by atoms with Gasteiger partial charge in [0.05, 0.1) is 6.61 Å². The standard InChI is InChI=1S/C16H22N2O2/c1-13(19)18-9-7-17(8-10-18)6-4-14-2-3-16-15(12-14)5-11-20-16/h2-3,12H,4-11H2,1H3. The summed E-state index contributed by atoms with van der Waals surface area (Å²) in [5.41, 5.74) is 2.74. The van der Waals surface area contributed by atoms with Gasteiger partial charge < -0.3 is 9.64 Å². The predicted octanol–water partition coefficient (Wildman–Crippen LogP) is 1.33. The molecule has 2 aliphatic rings. The summed E-state index contributed by atoms with van der Waals surface area (Å²) in [5.74, 6) is 1.26. The highest BCUT2D eigenvalue weighted by Crippen LogP contribution is 2.26. The summed E-state index contributed by atoms with van der Waals surface area (Å²) in [4.78, 5) is 15.7. The van der Waals surface area contributed by atoms with Gasteiger partial charge in [-0.15, -0.1) is 0 Å². The topological polar surface area (TPSA) is 32.8 Å². The Hall–Kier alpha value is -1.55. The molecule has 3 rings (SSSR count). The molecule has 0 aliphatic carbocycles. The number of nitrogens with zero attached hydrogens (tertiary/aromatic N) is 2. The van der Waals surface area contributed by atoms with Gasteiger partial charge in [-0.2, -0.15) is 0 Å². The molecule has 4 heteroatoms. The molecule has 0 saturated carbocycles. The Labute approximate surface area is 120 Å². The van der Waals surface area contributed by atoms with Gasteiger partial charge in [0.2, 0.25) is 5.91 Å². The molecule has 0 radical (unpaired) electrons. The van der Waals surface area contributed by atoms with Gasteiger partial charge in [-0.05, 0) is 23.6 Å². The second-order valence-corrected chi connectivity index (χ2v) is 5.64. The van der Waals surface area contributed by atoms with E-state index in [9.17, 15) is 4.79 Å². The van der Waals surface area contributed by atoms with E-state index in [0.29, 0.717) is 0 Å². The van der Waals surface area contributed by atoms with Gasteiger partial charge in [0, 0.05) is 46.1 Å². The molecule has 2 heterocycles. The first-order valence-electron chi connectivity index (χ1n) is 7.45. The summed E-state index contributed by atoms with van der Waals surface area (Å²) in [6.45, 7) is 7.28. The molecule has 0 bridgehead atoms. The summed E-state index contributed by atoms with van der Waals surface area (Å²) < 4.78 is 5.53. The maximum absolute atomic E-state index is 11.3. The number of ether oxygens (including phenoxy) is 1. The van der Waals surface area contributed by atoms with E-state index in [1.807, 2.05) is 4.90 Å². The largest absolute Gasteiger partial charge is 0.493 e. The van der Waals surface area contributed by atoms with Crippen LogP contribution >= 0.6 is 0 Å². The van der Waals surface area contributed by atoms with Crippen LogP contribution in [0.5, 0.6) is 5.75 Å². The zero-order chi connectivity index (χ0) is 13.9. The Morgan fingerprint density at radius 2 is 2.05 bits per heavy atom. The lowest BCUT2D eigenvalue weighted by molar-refractivity contribution is -0.130. The van der Waals surface area contributed by atoms with Crippen LogP contribution in [-0.4, -0.2) is 55.0 Å². The third-order valence-electron chi connectivity index (χ3n) is 4.29. The fourth-order valence-electron chi connectivity index (χ4n) is 2.97. The van der Waals surface area contributed by atoms with Crippen molar-refractivity contribution in [1.29, 1.82) is 0 Å². The Morgan fingerprint density at radius 3 is 2.80 bits per heavy atom. The zero-order valence-corrected chi connectivity index (χ0v) is 12.1. The molecule has 20 heavy (non-hydrogen) atoms. The van der Waals surface area contributed by atoms with Gasteiger partial charge in [0.15, 0.2) is 0 Å². The maximum Gasteiger partial charge on any atom is 0.219 e. The van der Waals surface area contributed by atoms with Crippen LogP contribution in [0.15, 0.2) is 18.2 Å². The molecule has 1 saturated heterocycles. The lowest BCUT2D eigenvalue weighted by atomic mass is 10.1. The van der Waals surface area contributed by atoms with Crippen molar-refractivity contribution < 1.29 is 9.53 Å². The van der Waals surface area contributed by atoms with Crippen LogP contribution in [0.25, 0.3) is 0 Å². The molecule has 1 aromatic rings. The van der Waals surface area contributed by atoms with Crippen LogP contribution in [-0.2, 0) is 17.6 Å². The molecule has 1 aromatic carbocycles. The number of benzene rings is 1. The summed E-state index contributed by atoms with van der Waals surface area (Å²) in [6, 6.07) is 6.56. The van der Waals surface area contributed by atoms with Crippen LogP contribution < -0.4 is 4.74 Å². The molecule has 108 valence electrons. The Kier molecular flexibility index (Phi) is 3.92.